The van der Waals surface area contributed by atoms with Crippen molar-refractivity contribution in [3.63, 3.8) is 0 Å². The summed E-state index contributed by atoms with van der Waals surface area (Å²) >= 11 is 0. The molecule has 88 valence electrons. The zero-order valence-electron chi connectivity index (χ0n) is 9.42. The highest BCUT2D eigenvalue weighted by atomic mass is 16.4. The van der Waals surface area contributed by atoms with E-state index in [-0.39, 0.29) is 5.69 Å². The summed E-state index contributed by atoms with van der Waals surface area (Å²) < 4.78 is 1.35. The van der Waals surface area contributed by atoms with E-state index in [1.54, 1.807) is 13.2 Å². The van der Waals surface area contributed by atoms with Gasteiger partial charge in [0.2, 0.25) is 0 Å². The monoisotopic (exact) mass is 231 g/mol. The smallest absolute Gasteiger partial charge is 0.354 e. The van der Waals surface area contributed by atoms with E-state index in [1.165, 1.54) is 4.68 Å². The number of rotatable bonds is 3. The lowest BCUT2D eigenvalue weighted by atomic mass is 10.0. The van der Waals surface area contributed by atoms with Gasteiger partial charge in [-0.2, -0.15) is 5.10 Å². The van der Waals surface area contributed by atoms with E-state index in [0.29, 0.717) is 12.1 Å². The molecule has 0 aliphatic carbocycles. The van der Waals surface area contributed by atoms with Gasteiger partial charge in [0, 0.05) is 19.2 Å². The lowest BCUT2D eigenvalue weighted by Gasteiger charge is -2.06. The van der Waals surface area contributed by atoms with E-state index in [2.05, 4.69) is 5.10 Å². The van der Waals surface area contributed by atoms with E-state index in [1.807, 2.05) is 24.3 Å². The summed E-state index contributed by atoms with van der Waals surface area (Å²) in [4.78, 5) is 11.2. The second-order valence-corrected chi connectivity index (χ2v) is 3.70. The van der Waals surface area contributed by atoms with Crippen molar-refractivity contribution in [1.29, 1.82) is 0 Å². The first kappa shape index (κ1) is 11.3. The quantitative estimate of drug-likeness (QED) is 0.832. The summed E-state index contributed by atoms with van der Waals surface area (Å²) in [7, 11) is 1.61. The summed E-state index contributed by atoms with van der Waals surface area (Å²) in [6.07, 6.45) is 1.55. The third-order valence-electron chi connectivity index (χ3n) is 2.67. The van der Waals surface area contributed by atoms with Crippen LogP contribution in [0.1, 0.15) is 16.1 Å². The second kappa shape index (κ2) is 4.39. The first-order valence-electron chi connectivity index (χ1n) is 5.18. The molecule has 0 bridgehead atoms. The number of aromatic carboxylic acids is 1. The molecule has 0 aliphatic heterocycles. The average molecular weight is 231 g/mol. The lowest BCUT2D eigenvalue weighted by Crippen LogP contribution is -2.07. The molecule has 1 aromatic carbocycles. The number of hydrogen-bond donors (Lipinski definition) is 2. The molecule has 0 fully saturated rings. The molecule has 0 saturated carbocycles. The van der Waals surface area contributed by atoms with Crippen LogP contribution in [0.5, 0.6) is 0 Å². The fourth-order valence-corrected chi connectivity index (χ4v) is 1.85. The molecular weight excluding hydrogens is 218 g/mol. The molecule has 0 amide bonds. The maximum atomic E-state index is 11.2. The van der Waals surface area contributed by atoms with Crippen molar-refractivity contribution in [3.8, 4) is 11.1 Å². The molecule has 0 spiro atoms. The van der Waals surface area contributed by atoms with Crippen LogP contribution >= 0.6 is 0 Å². The maximum Gasteiger partial charge on any atom is 0.354 e. The van der Waals surface area contributed by atoms with Gasteiger partial charge in [0.25, 0.3) is 0 Å². The van der Waals surface area contributed by atoms with E-state index in [4.69, 9.17) is 10.8 Å². The molecule has 0 saturated heterocycles. The fourth-order valence-electron chi connectivity index (χ4n) is 1.85. The van der Waals surface area contributed by atoms with E-state index in [0.717, 1.165) is 11.1 Å². The molecule has 17 heavy (non-hydrogen) atoms. The number of carboxylic acid groups (broad SMARTS) is 1. The minimum Gasteiger partial charge on any atom is -0.477 e. The van der Waals surface area contributed by atoms with Gasteiger partial charge in [-0.25, -0.2) is 4.79 Å². The van der Waals surface area contributed by atoms with Gasteiger partial charge >= 0.3 is 5.97 Å². The predicted molar refractivity (Wildman–Crippen MR) is 63.5 cm³/mol. The Hall–Kier alpha value is -2.14. The Morgan fingerprint density at radius 1 is 1.41 bits per heavy atom. The molecule has 0 unspecified atom stereocenters. The summed E-state index contributed by atoms with van der Waals surface area (Å²) in [6.45, 7) is 0.365. The number of nitrogens with zero attached hydrogens (tertiary/aromatic N) is 2. The van der Waals surface area contributed by atoms with E-state index >= 15 is 0 Å². The number of nitrogens with two attached hydrogens (primary N) is 1. The molecular formula is C12H13N3O2. The van der Waals surface area contributed by atoms with Crippen LogP contribution in [-0.4, -0.2) is 20.9 Å². The zero-order chi connectivity index (χ0) is 12.4. The number of aryl methyl sites for hydroxylation is 1. The van der Waals surface area contributed by atoms with Crippen molar-refractivity contribution in [3.05, 3.63) is 41.7 Å². The molecule has 0 radical (unpaired) electrons. The van der Waals surface area contributed by atoms with Gasteiger partial charge in [-0.1, -0.05) is 24.3 Å². The van der Waals surface area contributed by atoms with Gasteiger partial charge < -0.3 is 10.8 Å². The van der Waals surface area contributed by atoms with Gasteiger partial charge in [-0.05, 0) is 11.1 Å². The van der Waals surface area contributed by atoms with Crippen LogP contribution < -0.4 is 5.73 Å². The van der Waals surface area contributed by atoms with Crippen molar-refractivity contribution < 1.29 is 9.90 Å². The Balaban J connectivity index is 2.65. The highest BCUT2D eigenvalue weighted by Crippen LogP contribution is 2.26. The summed E-state index contributed by atoms with van der Waals surface area (Å²) in [5.41, 5.74) is 8.14. The second-order valence-electron chi connectivity index (χ2n) is 3.70. The zero-order valence-corrected chi connectivity index (χ0v) is 9.42. The standard InChI is InChI=1S/C12H13N3O2/c1-15-11(12(16)17)10(7-14-15)9-5-3-2-4-8(9)6-13/h2-5,7H,6,13H2,1H3,(H,16,17). The molecule has 3 N–H and O–H groups in total. The van der Waals surface area contributed by atoms with Crippen molar-refractivity contribution in [2.75, 3.05) is 0 Å². The molecule has 5 heteroatoms. The third kappa shape index (κ3) is 1.92. The van der Waals surface area contributed by atoms with Gasteiger partial charge in [0.05, 0.1) is 6.20 Å². The Kier molecular flexibility index (Phi) is 2.93. The highest BCUT2D eigenvalue weighted by molar-refractivity contribution is 5.94. The number of carbonyl (C=O) groups is 1. The van der Waals surface area contributed by atoms with Crippen LogP contribution in [0, 0.1) is 0 Å². The topological polar surface area (TPSA) is 81.1 Å². The van der Waals surface area contributed by atoms with Crippen LogP contribution in [0.25, 0.3) is 11.1 Å². The Labute approximate surface area is 98.5 Å². The Morgan fingerprint density at radius 2 is 2.12 bits per heavy atom. The Bertz CT molecular complexity index is 561. The minimum atomic E-state index is -0.994. The van der Waals surface area contributed by atoms with Crippen LogP contribution in [-0.2, 0) is 13.6 Å². The number of carboxylic acids is 1. The van der Waals surface area contributed by atoms with Crippen molar-refractivity contribution in [2.45, 2.75) is 6.54 Å². The first-order chi connectivity index (χ1) is 8.15. The molecule has 1 heterocycles. The predicted octanol–water partition coefficient (Wildman–Crippen LogP) is 1.24. The number of hydrogen-bond acceptors (Lipinski definition) is 3. The van der Waals surface area contributed by atoms with Crippen molar-refractivity contribution >= 4 is 5.97 Å². The fraction of sp³-hybridized carbons (Fsp3) is 0.167. The molecule has 5 nitrogen and oxygen atoms in total. The van der Waals surface area contributed by atoms with Crippen LogP contribution in [0.4, 0.5) is 0 Å². The minimum absolute atomic E-state index is 0.172. The van der Waals surface area contributed by atoms with E-state index in [9.17, 15) is 4.79 Å². The average Bonchev–Trinajstić information content (AvgIpc) is 2.71. The Morgan fingerprint density at radius 3 is 2.76 bits per heavy atom. The van der Waals surface area contributed by atoms with Crippen molar-refractivity contribution in [2.24, 2.45) is 12.8 Å². The number of benzene rings is 1. The number of aromatic nitrogens is 2. The lowest BCUT2D eigenvalue weighted by molar-refractivity contribution is 0.0686. The van der Waals surface area contributed by atoms with Crippen molar-refractivity contribution in [1.82, 2.24) is 9.78 Å². The molecule has 0 aliphatic rings. The van der Waals surface area contributed by atoms with E-state index < -0.39 is 5.97 Å². The summed E-state index contributed by atoms with van der Waals surface area (Å²) in [5, 5.41) is 13.2. The summed E-state index contributed by atoms with van der Waals surface area (Å²) in [6, 6.07) is 7.47. The van der Waals surface area contributed by atoms with Crippen LogP contribution in [0.2, 0.25) is 0 Å². The third-order valence-corrected chi connectivity index (χ3v) is 2.67. The molecule has 1 aromatic heterocycles. The maximum absolute atomic E-state index is 11.2. The summed E-state index contributed by atoms with van der Waals surface area (Å²) in [5.74, 6) is -0.994. The van der Waals surface area contributed by atoms with Crippen LogP contribution in [0.15, 0.2) is 30.5 Å². The van der Waals surface area contributed by atoms with Gasteiger partial charge in [0.15, 0.2) is 5.69 Å². The highest BCUT2D eigenvalue weighted by Gasteiger charge is 2.18. The normalized spacial score (nSPS) is 10.5. The van der Waals surface area contributed by atoms with Crippen LogP contribution in [0.3, 0.4) is 0 Å². The van der Waals surface area contributed by atoms with Gasteiger partial charge in [-0.3, -0.25) is 4.68 Å². The largest absolute Gasteiger partial charge is 0.477 e. The van der Waals surface area contributed by atoms with Gasteiger partial charge in [-0.15, -0.1) is 0 Å². The molecule has 2 rings (SSSR count). The van der Waals surface area contributed by atoms with Gasteiger partial charge in [0.1, 0.15) is 0 Å². The SMILES string of the molecule is Cn1ncc(-c2ccccc2CN)c1C(=O)O. The molecule has 2 aromatic rings. The molecule has 0 atom stereocenters. The first-order valence-corrected chi connectivity index (χ1v) is 5.18.